The SMILES string of the molecule is CC(C)(C)OC(=O)N1CCCc2cc(NC3CCCC3CN)ccc21. The van der Waals surface area contributed by atoms with Crippen LogP contribution in [0.1, 0.15) is 52.0 Å². The van der Waals surface area contributed by atoms with E-state index in [0.717, 1.165) is 30.8 Å². The zero-order valence-corrected chi connectivity index (χ0v) is 15.7. The van der Waals surface area contributed by atoms with Crippen LogP contribution >= 0.6 is 0 Å². The van der Waals surface area contributed by atoms with E-state index in [1.165, 1.54) is 24.8 Å². The van der Waals surface area contributed by atoms with Crippen molar-refractivity contribution in [3.63, 3.8) is 0 Å². The van der Waals surface area contributed by atoms with Gasteiger partial charge >= 0.3 is 6.09 Å². The molecule has 0 bridgehead atoms. The molecule has 2 atom stereocenters. The second-order valence-electron chi connectivity index (χ2n) is 8.26. The van der Waals surface area contributed by atoms with E-state index in [0.29, 0.717) is 18.5 Å². The number of nitrogens with one attached hydrogen (secondary N) is 1. The third-order valence-corrected chi connectivity index (χ3v) is 5.13. The second kappa shape index (κ2) is 7.24. The molecule has 5 nitrogen and oxygen atoms in total. The summed E-state index contributed by atoms with van der Waals surface area (Å²) < 4.78 is 5.56. The molecule has 5 heteroatoms. The molecule has 25 heavy (non-hydrogen) atoms. The molecule has 0 aromatic heterocycles. The Balaban J connectivity index is 1.75. The van der Waals surface area contributed by atoms with E-state index < -0.39 is 5.60 Å². The zero-order valence-electron chi connectivity index (χ0n) is 15.7. The van der Waals surface area contributed by atoms with E-state index in [9.17, 15) is 4.79 Å². The minimum atomic E-state index is -0.476. The molecule has 1 aliphatic carbocycles. The maximum atomic E-state index is 12.5. The molecule has 1 aromatic rings. The molecule has 138 valence electrons. The summed E-state index contributed by atoms with van der Waals surface area (Å²) in [4.78, 5) is 14.3. The molecule has 1 saturated carbocycles. The van der Waals surface area contributed by atoms with Crippen molar-refractivity contribution in [3.8, 4) is 0 Å². The molecule has 1 fully saturated rings. The third-order valence-electron chi connectivity index (χ3n) is 5.13. The van der Waals surface area contributed by atoms with Crippen molar-refractivity contribution < 1.29 is 9.53 Å². The predicted octanol–water partition coefficient (Wildman–Crippen LogP) is 3.91. The Morgan fingerprint density at radius 2 is 2.12 bits per heavy atom. The van der Waals surface area contributed by atoms with Crippen molar-refractivity contribution in [1.29, 1.82) is 0 Å². The highest BCUT2D eigenvalue weighted by Gasteiger charge is 2.29. The molecule has 0 saturated heterocycles. The fourth-order valence-electron chi connectivity index (χ4n) is 3.92. The average Bonchev–Trinajstić information content (AvgIpc) is 2.99. The highest BCUT2D eigenvalue weighted by molar-refractivity contribution is 5.90. The molecule has 0 radical (unpaired) electrons. The highest BCUT2D eigenvalue weighted by Crippen LogP contribution is 2.33. The van der Waals surface area contributed by atoms with Crippen LogP contribution in [0.5, 0.6) is 0 Å². The number of hydrogen-bond acceptors (Lipinski definition) is 4. The van der Waals surface area contributed by atoms with Crippen LogP contribution in [-0.2, 0) is 11.2 Å². The van der Waals surface area contributed by atoms with Crippen molar-refractivity contribution in [2.45, 2.75) is 64.5 Å². The van der Waals surface area contributed by atoms with Gasteiger partial charge in [0.1, 0.15) is 5.60 Å². The summed E-state index contributed by atoms with van der Waals surface area (Å²) in [6.07, 6.45) is 5.35. The highest BCUT2D eigenvalue weighted by atomic mass is 16.6. The van der Waals surface area contributed by atoms with Crippen molar-refractivity contribution >= 4 is 17.5 Å². The summed E-state index contributed by atoms with van der Waals surface area (Å²) in [5.41, 5.74) is 8.74. The molecule has 3 rings (SSSR count). The molecule has 1 amide bonds. The second-order valence-corrected chi connectivity index (χ2v) is 8.26. The van der Waals surface area contributed by atoms with Gasteiger partial charge in [-0.2, -0.15) is 0 Å². The molecular formula is C20H31N3O2. The molecule has 3 N–H and O–H groups in total. The van der Waals surface area contributed by atoms with Crippen molar-refractivity contribution in [2.75, 3.05) is 23.3 Å². The summed E-state index contributed by atoms with van der Waals surface area (Å²) >= 11 is 0. The summed E-state index contributed by atoms with van der Waals surface area (Å²) in [6, 6.07) is 6.78. The van der Waals surface area contributed by atoms with Crippen molar-refractivity contribution in [3.05, 3.63) is 23.8 Å². The average molecular weight is 345 g/mol. The number of aryl methyl sites for hydroxylation is 1. The van der Waals surface area contributed by atoms with Gasteiger partial charge in [0, 0.05) is 18.3 Å². The van der Waals surface area contributed by atoms with E-state index in [1.807, 2.05) is 26.8 Å². The number of anilines is 2. The number of amides is 1. The van der Waals surface area contributed by atoms with Gasteiger partial charge in [0.05, 0.1) is 5.69 Å². The normalized spacial score (nSPS) is 23.3. The smallest absolute Gasteiger partial charge is 0.414 e. The van der Waals surface area contributed by atoms with Gasteiger partial charge in [0.15, 0.2) is 0 Å². The standard InChI is InChI=1S/C20H31N3O2/c1-20(2,3)25-19(24)23-11-5-7-14-12-16(9-10-18(14)23)22-17-8-4-6-15(17)13-21/h9-10,12,15,17,22H,4-8,11,13,21H2,1-3H3. The number of fused-ring (bicyclic) bond motifs is 1. The third kappa shape index (κ3) is 4.27. The van der Waals surface area contributed by atoms with Crippen LogP contribution in [0.25, 0.3) is 0 Å². The summed E-state index contributed by atoms with van der Waals surface area (Å²) in [7, 11) is 0. The van der Waals surface area contributed by atoms with Crippen LogP contribution in [0, 0.1) is 5.92 Å². The first-order valence-corrected chi connectivity index (χ1v) is 9.47. The number of nitrogens with zero attached hydrogens (tertiary/aromatic N) is 1. The van der Waals surface area contributed by atoms with E-state index >= 15 is 0 Å². The quantitative estimate of drug-likeness (QED) is 0.871. The first kappa shape index (κ1) is 18.1. The van der Waals surface area contributed by atoms with Gasteiger partial charge in [-0.25, -0.2) is 4.79 Å². The van der Waals surface area contributed by atoms with Gasteiger partial charge in [-0.1, -0.05) is 6.42 Å². The lowest BCUT2D eigenvalue weighted by Gasteiger charge is -2.32. The van der Waals surface area contributed by atoms with E-state index in [2.05, 4.69) is 17.4 Å². The zero-order chi connectivity index (χ0) is 18.0. The maximum absolute atomic E-state index is 12.5. The number of carbonyl (C=O) groups excluding carboxylic acids is 1. The number of nitrogens with two attached hydrogens (primary N) is 1. The fraction of sp³-hybridized carbons (Fsp3) is 0.650. The lowest BCUT2D eigenvalue weighted by Crippen LogP contribution is -2.39. The first-order chi connectivity index (χ1) is 11.9. The lowest BCUT2D eigenvalue weighted by molar-refractivity contribution is 0.0578. The predicted molar refractivity (Wildman–Crippen MR) is 102 cm³/mol. The van der Waals surface area contributed by atoms with Gasteiger partial charge in [-0.15, -0.1) is 0 Å². The number of benzene rings is 1. The van der Waals surface area contributed by atoms with Gasteiger partial charge in [0.25, 0.3) is 0 Å². The summed E-state index contributed by atoms with van der Waals surface area (Å²) in [5.74, 6) is 0.564. The van der Waals surface area contributed by atoms with Crippen LogP contribution in [0.4, 0.5) is 16.2 Å². The minimum absolute atomic E-state index is 0.256. The molecule has 2 aliphatic rings. The molecular weight excluding hydrogens is 314 g/mol. The Morgan fingerprint density at radius 3 is 2.84 bits per heavy atom. The number of carbonyl (C=O) groups is 1. The largest absolute Gasteiger partial charge is 0.443 e. The van der Waals surface area contributed by atoms with Gasteiger partial charge in [0.2, 0.25) is 0 Å². The first-order valence-electron chi connectivity index (χ1n) is 9.47. The molecule has 1 aliphatic heterocycles. The Hall–Kier alpha value is -1.75. The monoisotopic (exact) mass is 345 g/mol. The van der Waals surface area contributed by atoms with Gasteiger partial charge in [-0.05, 0) is 82.7 Å². The Labute approximate surface area is 150 Å². The van der Waals surface area contributed by atoms with Crippen LogP contribution in [0.2, 0.25) is 0 Å². The Bertz CT molecular complexity index is 624. The van der Waals surface area contributed by atoms with Crippen LogP contribution in [0.15, 0.2) is 18.2 Å². The fourth-order valence-corrected chi connectivity index (χ4v) is 3.92. The van der Waals surface area contributed by atoms with Crippen LogP contribution in [-0.4, -0.2) is 30.8 Å². The van der Waals surface area contributed by atoms with E-state index in [1.54, 1.807) is 4.90 Å². The summed E-state index contributed by atoms with van der Waals surface area (Å²) in [5, 5.41) is 3.66. The Morgan fingerprint density at radius 1 is 1.32 bits per heavy atom. The molecule has 2 unspecified atom stereocenters. The summed E-state index contributed by atoms with van der Waals surface area (Å²) in [6.45, 7) is 7.16. The lowest BCUT2D eigenvalue weighted by atomic mass is 10.00. The Kier molecular flexibility index (Phi) is 5.23. The number of ether oxygens (including phenoxy) is 1. The van der Waals surface area contributed by atoms with Crippen molar-refractivity contribution in [1.82, 2.24) is 0 Å². The molecule has 1 aromatic carbocycles. The minimum Gasteiger partial charge on any atom is -0.443 e. The maximum Gasteiger partial charge on any atom is 0.414 e. The topological polar surface area (TPSA) is 67.6 Å². The van der Waals surface area contributed by atoms with Crippen LogP contribution in [0.3, 0.4) is 0 Å². The van der Waals surface area contributed by atoms with Crippen molar-refractivity contribution in [2.24, 2.45) is 11.7 Å². The molecule has 0 spiro atoms. The van der Waals surface area contributed by atoms with Gasteiger partial charge in [-0.3, -0.25) is 4.90 Å². The van der Waals surface area contributed by atoms with Gasteiger partial charge < -0.3 is 15.8 Å². The van der Waals surface area contributed by atoms with E-state index in [4.69, 9.17) is 10.5 Å². The van der Waals surface area contributed by atoms with Crippen LogP contribution < -0.4 is 16.0 Å². The number of hydrogen-bond donors (Lipinski definition) is 2. The molecule has 1 heterocycles. The van der Waals surface area contributed by atoms with E-state index in [-0.39, 0.29) is 6.09 Å². The number of rotatable bonds is 3.